The molecular formula is C25H33N3O3. The second-order valence-electron chi connectivity index (χ2n) is 8.51. The van der Waals surface area contributed by atoms with E-state index in [0.29, 0.717) is 18.7 Å². The zero-order valence-electron chi connectivity index (χ0n) is 18.6. The Morgan fingerprint density at radius 3 is 2.52 bits per heavy atom. The van der Waals surface area contributed by atoms with E-state index < -0.39 is 6.10 Å². The van der Waals surface area contributed by atoms with Gasteiger partial charge >= 0.3 is 0 Å². The van der Waals surface area contributed by atoms with Gasteiger partial charge in [-0.3, -0.25) is 4.79 Å². The Morgan fingerprint density at radius 2 is 1.74 bits per heavy atom. The fourth-order valence-electron chi connectivity index (χ4n) is 4.67. The van der Waals surface area contributed by atoms with Gasteiger partial charge in [0.25, 0.3) is 5.91 Å². The lowest BCUT2D eigenvalue weighted by Gasteiger charge is -2.36. The van der Waals surface area contributed by atoms with Crippen molar-refractivity contribution in [2.24, 2.45) is 0 Å². The number of hydrogen-bond donors (Lipinski definition) is 1. The number of fused-ring (bicyclic) bond motifs is 1. The smallest absolute Gasteiger partial charge is 0.253 e. The van der Waals surface area contributed by atoms with E-state index in [9.17, 15) is 9.90 Å². The molecule has 31 heavy (non-hydrogen) atoms. The van der Waals surface area contributed by atoms with E-state index in [1.54, 1.807) is 7.11 Å². The molecule has 1 N–H and O–H groups in total. The molecule has 0 aromatic heterocycles. The van der Waals surface area contributed by atoms with Gasteiger partial charge < -0.3 is 24.5 Å². The van der Waals surface area contributed by atoms with Gasteiger partial charge in [-0.25, -0.2) is 0 Å². The third-order valence-electron chi connectivity index (χ3n) is 6.51. The number of ether oxygens (including phenoxy) is 1. The number of benzene rings is 2. The van der Waals surface area contributed by atoms with Crippen LogP contribution in [0.3, 0.4) is 0 Å². The second-order valence-corrected chi connectivity index (χ2v) is 8.51. The lowest BCUT2D eigenvalue weighted by Crippen LogP contribution is -2.48. The molecular weight excluding hydrogens is 390 g/mol. The van der Waals surface area contributed by atoms with Crippen molar-refractivity contribution in [3.63, 3.8) is 0 Å². The van der Waals surface area contributed by atoms with Crippen molar-refractivity contribution < 1.29 is 14.6 Å². The first-order valence-electron chi connectivity index (χ1n) is 11.3. The molecule has 0 radical (unpaired) electrons. The van der Waals surface area contributed by atoms with Crippen LogP contribution in [0.2, 0.25) is 0 Å². The minimum atomic E-state index is -0.523. The molecule has 166 valence electrons. The zero-order chi connectivity index (χ0) is 21.8. The van der Waals surface area contributed by atoms with E-state index in [1.807, 2.05) is 41.3 Å². The minimum Gasteiger partial charge on any atom is -0.495 e. The van der Waals surface area contributed by atoms with Gasteiger partial charge in [0.05, 0.1) is 18.9 Å². The van der Waals surface area contributed by atoms with Crippen molar-refractivity contribution in [2.45, 2.75) is 31.8 Å². The topological polar surface area (TPSA) is 56.3 Å². The van der Waals surface area contributed by atoms with Crippen LogP contribution in [0.25, 0.3) is 0 Å². The Balaban J connectivity index is 1.48. The van der Waals surface area contributed by atoms with Gasteiger partial charge in [-0.05, 0) is 43.2 Å². The summed E-state index contributed by atoms with van der Waals surface area (Å²) in [5.74, 6) is 0.898. The molecule has 6 nitrogen and oxygen atoms in total. The molecule has 1 amide bonds. The van der Waals surface area contributed by atoms with Gasteiger partial charge in [-0.1, -0.05) is 25.0 Å². The summed E-state index contributed by atoms with van der Waals surface area (Å²) in [4.78, 5) is 19.6. The van der Waals surface area contributed by atoms with Crippen LogP contribution in [0.15, 0.2) is 42.5 Å². The summed E-state index contributed by atoms with van der Waals surface area (Å²) in [5.41, 5.74) is 3.64. The van der Waals surface area contributed by atoms with E-state index in [-0.39, 0.29) is 5.91 Å². The number of nitrogens with zero attached hydrogens (tertiary/aromatic N) is 3. The maximum atomic E-state index is 13.2. The molecule has 1 saturated heterocycles. The van der Waals surface area contributed by atoms with Gasteiger partial charge in [0.2, 0.25) is 0 Å². The number of amides is 1. The SMILES string of the molecule is COc1ccccc1N1CCN(C(=O)c2ccc3c(c2)C(O)CCCCCN3C)CC1. The summed E-state index contributed by atoms with van der Waals surface area (Å²) in [7, 11) is 3.75. The minimum absolute atomic E-state index is 0.0391. The first-order valence-corrected chi connectivity index (χ1v) is 11.3. The van der Waals surface area contributed by atoms with Crippen molar-refractivity contribution in [3.8, 4) is 5.75 Å². The Kier molecular flexibility index (Phi) is 6.66. The van der Waals surface area contributed by atoms with Crippen LogP contribution in [-0.2, 0) is 0 Å². The van der Waals surface area contributed by atoms with E-state index in [1.165, 1.54) is 0 Å². The zero-order valence-corrected chi connectivity index (χ0v) is 18.6. The van der Waals surface area contributed by atoms with Gasteiger partial charge in [-0.2, -0.15) is 0 Å². The van der Waals surface area contributed by atoms with Gasteiger partial charge in [0.15, 0.2) is 0 Å². The number of aliphatic hydroxyl groups is 1. The molecule has 6 heteroatoms. The molecule has 2 aromatic rings. The Bertz CT molecular complexity index is 909. The molecule has 2 aliphatic rings. The molecule has 2 aliphatic heterocycles. The molecule has 0 aliphatic carbocycles. The predicted octanol–water partition coefficient (Wildman–Crippen LogP) is 3.70. The number of anilines is 2. The monoisotopic (exact) mass is 423 g/mol. The summed E-state index contributed by atoms with van der Waals surface area (Å²) in [5, 5.41) is 10.8. The molecule has 1 unspecified atom stereocenters. The summed E-state index contributed by atoms with van der Waals surface area (Å²) in [6.07, 6.45) is 3.48. The highest BCUT2D eigenvalue weighted by atomic mass is 16.5. The molecule has 0 saturated carbocycles. The first-order chi connectivity index (χ1) is 15.1. The molecule has 2 aromatic carbocycles. The number of aliphatic hydroxyl groups excluding tert-OH is 1. The summed E-state index contributed by atoms with van der Waals surface area (Å²) >= 11 is 0. The van der Waals surface area contributed by atoms with Crippen molar-refractivity contribution in [1.82, 2.24) is 4.90 Å². The van der Waals surface area contributed by atoms with Crippen molar-refractivity contribution in [3.05, 3.63) is 53.6 Å². The highest BCUT2D eigenvalue weighted by molar-refractivity contribution is 5.95. The van der Waals surface area contributed by atoms with Crippen molar-refractivity contribution >= 4 is 17.3 Å². The second kappa shape index (κ2) is 9.60. The normalized spacial score (nSPS) is 19.8. The van der Waals surface area contributed by atoms with Crippen LogP contribution in [0, 0.1) is 0 Å². The molecule has 0 spiro atoms. The average molecular weight is 424 g/mol. The van der Waals surface area contributed by atoms with E-state index in [2.05, 4.69) is 22.9 Å². The number of carbonyl (C=O) groups excluding carboxylic acids is 1. The van der Waals surface area contributed by atoms with Gasteiger partial charge in [0, 0.05) is 56.6 Å². The van der Waals surface area contributed by atoms with Crippen molar-refractivity contribution in [1.29, 1.82) is 0 Å². The predicted molar refractivity (Wildman–Crippen MR) is 124 cm³/mol. The van der Waals surface area contributed by atoms with Crippen LogP contribution < -0.4 is 14.5 Å². The van der Waals surface area contributed by atoms with Crippen LogP contribution in [0.5, 0.6) is 5.75 Å². The molecule has 0 bridgehead atoms. The third-order valence-corrected chi connectivity index (χ3v) is 6.51. The maximum absolute atomic E-state index is 13.2. The fourth-order valence-corrected chi connectivity index (χ4v) is 4.67. The number of hydrogen-bond acceptors (Lipinski definition) is 5. The number of piperazine rings is 1. The third kappa shape index (κ3) is 4.64. The lowest BCUT2D eigenvalue weighted by atomic mass is 9.99. The number of methoxy groups -OCH3 is 1. The lowest BCUT2D eigenvalue weighted by molar-refractivity contribution is 0.0746. The van der Waals surface area contributed by atoms with Crippen LogP contribution >= 0.6 is 0 Å². The number of rotatable bonds is 3. The fraction of sp³-hybridized carbons (Fsp3) is 0.480. The largest absolute Gasteiger partial charge is 0.495 e. The first kappa shape index (κ1) is 21.5. The highest BCUT2D eigenvalue weighted by Crippen LogP contribution is 2.33. The Morgan fingerprint density at radius 1 is 0.968 bits per heavy atom. The molecule has 2 heterocycles. The van der Waals surface area contributed by atoms with E-state index in [0.717, 1.165) is 68.0 Å². The summed E-state index contributed by atoms with van der Waals surface area (Å²) in [6, 6.07) is 13.8. The summed E-state index contributed by atoms with van der Waals surface area (Å²) < 4.78 is 5.49. The maximum Gasteiger partial charge on any atom is 0.253 e. The van der Waals surface area contributed by atoms with E-state index in [4.69, 9.17) is 4.74 Å². The number of para-hydroxylation sites is 2. The highest BCUT2D eigenvalue weighted by Gasteiger charge is 2.25. The molecule has 1 atom stereocenters. The number of carbonyl (C=O) groups is 1. The van der Waals surface area contributed by atoms with Gasteiger partial charge in [-0.15, -0.1) is 0 Å². The Labute approximate surface area is 185 Å². The van der Waals surface area contributed by atoms with Crippen LogP contribution in [-0.4, -0.2) is 62.8 Å². The van der Waals surface area contributed by atoms with Crippen molar-refractivity contribution in [2.75, 3.05) is 56.7 Å². The summed E-state index contributed by atoms with van der Waals surface area (Å²) in [6.45, 7) is 3.83. The molecule has 4 rings (SSSR count). The van der Waals surface area contributed by atoms with E-state index >= 15 is 0 Å². The molecule has 1 fully saturated rings. The van der Waals surface area contributed by atoms with Crippen LogP contribution in [0.4, 0.5) is 11.4 Å². The standard InChI is InChI=1S/C25H33N3O3/c1-26-13-7-3-4-9-23(29)20-18-19(11-12-21(20)26)25(30)28-16-14-27(15-17-28)22-8-5-6-10-24(22)31-2/h5-6,8,10-12,18,23,29H,3-4,7,9,13-17H2,1-2H3. The quantitative estimate of drug-likeness (QED) is 0.816. The van der Waals surface area contributed by atoms with Crippen LogP contribution in [0.1, 0.15) is 47.7 Å². The Hall–Kier alpha value is -2.73. The van der Waals surface area contributed by atoms with Gasteiger partial charge in [0.1, 0.15) is 5.75 Å². The average Bonchev–Trinajstić information content (AvgIpc) is 2.88.